The van der Waals surface area contributed by atoms with Gasteiger partial charge in [-0.1, -0.05) is 23.2 Å². The average molecular weight is 493 g/mol. The highest BCUT2D eigenvalue weighted by molar-refractivity contribution is 6.33. The number of pyridine rings is 1. The first-order valence-corrected chi connectivity index (χ1v) is 10.4. The number of halogens is 5. The first kappa shape index (κ1) is 24.5. The van der Waals surface area contributed by atoms with E-state index >= 15 is 0 Å². The van der Waals surface area contributed by atoms with Crippen molar-refractivity contribution in [2.75, 3.05) is 49.5 Å². The predicted octanol–water partition coefficient (Wildman–Crippen LogP) is 3.19. The van der Waals surface area contributed by atoms with Crippen molar-refractivity contribution in [3.8, 4) is 0 Å². The normalized spacial score (nSPS) is 16.2. The lowest BCUT2D eigenvalue weighted by atomic mass is 10.1. The Kier molecular flexibility index (Phi) is 7.84. The van der Waals surface area contributed by atoms with Gasteiger partial charge < -0.3 is 20.4 Å². The molecule has 7 nitrogen and oxygen atoms in total. The quantitative estimate of drug-likeness (QED) is 0.573. The molecule has 1 amide bonds. The Balaban J connectivity index is 1.55. The third kappa shape index (κ3) is 6.02. The SMILES string of the molecule is O=C(CN1CCN(c2ncc([C@H](O)CO)cc2Cl)CC1)Nc1ccc(Cl)c(C(F)(F)F)c1. The lowest BCUT2D eigenvalue weighted by Gasteiger charge is -2.35. The zero-order chi connectivity index (χ0) is 23.5. The zero-order valence-corrected chi connectivity index (χ0v) is 18.3. The molecule has 0 saturated carbocycles. The van der Waals surface area contributed by atoms with Crippen LogP contribution in [0.25, 0.3) is 0 Å². The molecule has 0 radical (unpaired) electrons. The summed E-state index contributed by atoms with van der Waals surface area (Å²) in [7, 11) is 0. The molecule has 12 heteroatoms. The predicted molar refractivity (Wildman–Crippen MR) is 115 cm³/mol. The minimum atomic E-state index is -4.61. The second-order valence-electron chi connectivity index (χ2n) is 7.28. The molecule has 0 spiro atoms. The minimum Gasteiger partial charge on any atom is -0.393 e. The molecule has 1 aromatic carbocycles. The van der Waals surface area contributed by atoms with Crippen LogP contribution in [-0.2, 0) is 11.0 Å². The van der Waals surface area contributed by atoms with Crippen LogP contribution in [0.15, 0.2) is 30.5 Å². The number of carbonyl (C=O) groups excluding carboxylic acids is 1. The van der Waals surface area contributed by atoms with Crippen LogP contribution in [0.1, 0.15) is 17.2 Å². The lowest BCUT2D eigenvalue weighted by molar-refractivity contribution is -0.137. The number of nitrogens with one attached hydrogen (secondary N) is 1. The van der Waals surface area contributed by atoms with Crippen LogP contribution in [0.4, 0.5) is 24.7 Å². The molecule has 1 atom stereocenters. The second kappa shape index (κ2) is 10.2. The summed E-state index contributed by atoms with van der Waals surface area (Å²) in [5.74, 6) is 0.0953. The van der Waals surface area contributed by atoms with Gasteiger partial charge in [0.25, 0.3) is 0 Å². The van der Waals surface area contributed by atoms with Gasteiger partial charge in [0.1, 0.15) is 11.9 Å². The number of alkyl halides is 3. The topological polar surface area (TPSA) is 88.9 Å². The highest BCUT2D eigenvalue weighted by atomic mass is 35.5. The zero-order valence-electron chi connectivity index (χ0n) is 16.7. The Bertz CT molecular complexity index is 970. The molecular formula is C20H21Cl2F3N4O3. The van der Waals surface area contributed by atoms with Crippen LogP contribution in [-0.4, -0.2) is 65.3 Å². The fourth-order valence-corrected chi connectivity index (χ4v) is 3.83. The van der Waals surface area contributed by atoms with Crippen LogP contribution in [0.2, 0.25) is 10.0 Å². The molecule has 2 aromatic rings. The van der Waals surface area contributed by atoms with E-state index < -0.39 is 35.4 Å². The van der Waals surface area contributed by atoms with E-state index in [1.807, 2.05) is 9.80 Å². The molecule has 2 heterocycles. The molecule has 1 aliphatic heterocycles. The molecule has 0 bridgehead atoms. The maximum Gasteiger partial charge on any atom is 0.417 e. The lowest BCUT2D eigenvalue weighted by Crippen LogP contribution is -2.49. The van der Waals surface area contributed by atoms with Crippen molar-refractivity contribution in [2.24, 2.45) is 0 Å². The number of hydrogen-bond donors (Lipinski definition) is 3. The molecule has 0 unspecified atom stereocenters. The van der Waals surface area contributed by atoms with Gasteiger partial charge in [-0.2, -0.15) is 13.2 Å². The van der Waals surface area contributed by atoms with Gasteiger partial charge in [0, 0.05) is 43.6 Å². The second-order valence-corrected chi connectivity index (χ2v) is 8.09. The number of aliphatic hydroxyl groups excluding tert-OH is 2. The Morgan fingerprint density at radius 1 is 1.16 bits per heavy atom. The molecule has 1 saturated heterocycles. The van der Waals surface area contributed by atoms with E-state index in [4.69, 9.17) is 28.3 Å². The standard InChI is InChI=1S/C20H21Cl2F3N4O3/c21-15-2-1-13(8-14(15)20(23,24)25)27-18(32)10-28-3-5-29(6-4-28)19-16(22)7-12(9-26-19)17(31)11-30/h1-2,7-9,17,30-31H,3-6,10-11H2,(H,27,32)/t17-/m1/s1. The Labute approximate surface area is 192 Å². The fourth-order valence-electron chi connectivity index (χ4n) is 3.31. The molecular weight excluding hydrogens is 472 g/mol. The molecule has 1 aromatic heterocycles. The van der Waals surface area contributed by atoms with Crippen molar-refractivity contribution in [3.63, 3.8) is 0 Å². The van der Waals surface area contributed by atoms with Gasteiger partial charge in [-0.15, -0.1) is 0 Å². The largest absolute Gasteiger partial charge is 0.417 e. The Morgan fingerprint density at radius 2 is 1.84 bits per heavy atom. The minimum absolute atomic E-state index is 0.0145. The smallest absolute Gasteiger partial charge is 0.393 e. The number of benzene rings is 1. The monoisotopic (exact) mass is 492 g/mol. The van der Waals surface area contributed by atoms with Gasteiger partial charge in [-0.25, -0.2) is 4.98 Å². The maximum absolute atomic E-state index is 13.0. The average Bonchev–Trinajstić information content (AvgIpc) is 2.74. The summed E-state index contributed by atoms with van der Waals surface area (Å²) in [6, 6.07) is 4.77. The number of aromatic nitrogens is 1. The van der Waals surface area contributed by atoms with E-state index in [9.17, 15) is 23.1 Å². The number of rotatable bonds is 6. The van der Waals surface area contributed by atoms with E-state index in [2.05, 4.69) is 10.3 Å². The summed E-state index contributed by atoms with van der Waals surface area (Å²) in [5, 5.41) is 21.1. The van der Waals surface area contributed by atoms with Crippen LogP contribution >= 0.6 is 23.2 Å². The third-order valence-corrected chi connectivity index (χ3v) is 5.60. The number of carbonyl (C=O) groups is 1. The molecule has 32 heavy (non-hydrogen) atoms. The molecule has 3 N–H and O–H groups in total. The van der Waals surface area contributed by atoms with Gasteiger partial charge in [0.15, 0.2) is 0 Å². The van der Waals surface area contributed by atoms with E-state index in [-0.39, 0.29) is 12.2 Å². The van der Waals surface area contributed by atoms with Gasteiger partial charge in [0.05, 0.1) is 28.8 Å². The van der Waals surface area contributed by atoms with E-state index in [0.29, 0.717) is 42.6 Å². The number of amides is 1. The summed E-state index contributed by atoms with van der Waals surface area (Å²) in [6.45, 7) is 1.66. The van der Waals surface area contributed by atoms with Gasteiger partial charge in [-0.05, 0) is 24.3 Å². The van der Waals surface area contributed by atoms with Gasteiger partial charge in [-0.3, -0.25) is 9.69 Å². The number of nitrogens with zero attached hydrogens (tertiary/aromatic N) is 3. The number of hydrogen-bond acceptors (Lipinski definition) is 6. The number of piperazine rings is 1. The summed E-state index contributed by atoms with van der Waals surface area (Å²) >= 11 is 11.9. The summed E-state index contributed by atoms with van der Waals surface area (Å²) in [5.41, 5.74) is -0.577. The van der Waals surface area contributed by atoms with Crippen molar-refractivity contribution in [1.29, 1.82) is 0 Å². The van der Waals surface area contributed by atoms with Crippen molar-refractivity contribution in [3.05, 3.63) is 51.6 Å². The fraction of sp³-hybridized carbons (Fsp3) is 0.400. The summed E-state index contributed by atoms with van der Waals surface area (Å²) in [4.78, 5) is 20.4. The van der Waals surface area contributed by atoms with E-state index in [1.54, 1.807) is 6.07 Å². The van der Waals surface area contributed by atoms with Crippen LogP contribution < -0.4 is 10.2 Å². The van der Waals surface area contributed by atoms with E-state index in [0.717, 1.165) is 12.1 Å². The van der Waals surface area contributed by atoms with Crippen LogP contribution in [0, 0.1) is 0 Å². The van der Waals surface area contributed by atoms with Crippen molar-refractivity contribution < 1.29 is 28.2 Å². The molecule has 3 rings (SSSR count). The first-order valence-electron chi connectivity index (χ1n) is 9.66. The van der Waals surface area contributed by atoms with Crippen LogP contribution in [0.3, 0.4) is 0 Å². The van der Waals surface area contributed by atoms with Crippen molar-refractivity contribution >= 4 is 40.6 Å². The molecule has 1 fully saturated rings. The van der Waals surface area contributed by atoms with Gasteiger partial charge in [0.2, 0.25) is 5.91 Å². The highest BCUT2D eigenvalue weighted by Gasteiger charge is 2.33. The number of anilines is 2. The van der Waals surface area contributed by atoms with Gasteiger partial charge >= 0.3 is 6.18 Å². The summed E-state index contributed by atoms with van der Waals surface area (Å²) < 4.78 is 38.9. The third-order valence-electron chi connectivity index (χ3n) is 5.00. The molecule has 174 valence electrons. The van der Waals surface area contributed by atoms with Crippen molar-refractivity contribution in [2.45, 2.75) is 12.3 Å². The summed E-state index contributed by atoms with van der Waals surface area (Å²) in [6.07, 6.45) is -4.22. The van der Waals surface area contributed by atoms with Crippen LogP contribution in [0.5, 0.6) is 0 Å². The maximum atomic E-state index is 13.0. The van der Waals surface area contributed by atoms with E-state index in [1.165, 1.54) is 12.3 Å². The Hall–Kier alpha value is -2.11. The Morgan fingerprint density at radius 3 is 2.44 bits per heavy atom. The highest BCUT2D eigenvalue weighted by Crippen LogP contribution is 2.36. The number of aliphatic hydroxyl groups is 2. The first-order chi connectivity index (χ1) is 15.1. The van der Waals surface area contributed by atoms with Crippen molar-refractivity contribution in [1.82, 2.24) is 9.88 Å². The molecule has 1 aliphatic rings. The molecule has 0 aliphatic carbocycles.